The van der Waals surface area contributed by atoms with Gasteiger partial charge in [-0.1, -0.05) is 60.7 Å². The molecule has 0 atom stereocenters. The summed E-state index contributed by atoms with van der Waals surface area (Å²) in [6.45, 7) is 0. The monoisotopic (exact) mass is 406 g/mol. The molecule has 146 valence electrons. The Hall–Kier alpha value is -4.30. The molecule has 0 radical (unpaired) electrons. The molecular weight excluding hydrogens is 392 g/mol. The van der Waals surface area contributed by atoms with Crippen molar-refractivity contribution >= 4 is 75.4 Å². The lowest BCUT2D eigenvalue weighted by atomic mass is 9.84. The van der Waals surface area contributed by atoms with Crippen LogP contribution < -0.4 is 10.9 Å². The molecule has 0 saturated heterocycles. The number of rotatable bonds is 0. The van der Waals surface area contributed by atoms with Crippen LogP contribution in [0.15, 0.2) is 94.5 Å². The molecule has 2 heteroatoms. The van der Waals surface area contributed by atoms with E-state index in [0.717, 1.165) is 75.4 Å². The first-order valence-electron chi connectivity index (χ1n) is 10.8. The Morgan fingerprint density at radius 3 is 1.19 bits per heavy atom. The molecule has 0 aliphatic rings. The lowest BCUT2D eigenvalue weighted by Gasteiger charge is -2.18. The predicted octanol–water partition coefficient (Wildman–Crippen LogP) is 6.79. The molecule has 0 fully saturated rings. The summed E-state index contributed by atoms with van der Waals surface area (Å²) in [6.07, 6.45) is 0. The molecular formula is C30H14O2. The van der Waals surface area contributed by atoms with Crippen LogP contribution in [0, 0.1) is 0 Å². The Morgan fingerprint density at radius 1 is 0.344 bits per heavy atom. The summed E-state index contributed by atoms with van der Waals surface area (Å²) in [5, 5.41) is 13.6. The summed E-state index contributed by atoms with van der Waals surface area (Å²) < 4.78 is 0. The van der Waals surface area contributed by atoms with Crippen LogP contribution in [-0.4, -0.2) is 0 Å². The fraction of sp³-hybridized carbons (Fsp3) is 0. The van der Waals surface area contributed by atoms with Crippen LogP contribution in [0.2, 0.25) is 0 Å². The molecule has 0 aromatic heterocycles. The average molecular weight is 406 g/mol. The number of hydrogen-bond acceptors (Lipinski definition) is 2. The van der Waals surface area contributed by atoms with Crippen molar-refractivity contribution in [1.82, 2.24) is 0 Å². The van der Waals surface area contributed by atoms with E-state index in [-0.39, 0.29) is 10.9 Å². The van der Waals surface area contributed by atoms with E-state index in [2.05, 4.69) is 24.3 Å². The van der Waals surface area contributed by atoms with Gasteiger partial charge in [-0.25, -0.2) is 0 Å². The van der Waals surface area contributed by atoms with E-state index in [0.29, 0.717) is 0 Å². The summed E-state index contributed by atoms with van der Waals surface area (Å²) >= 11 is 0. The Morgan fingerprint density at radius 2 is 0.750 bits per heavy atom. The van der Waals surface area contributed by atoms with Crippen molar-refractivity contribution in [3.8, 4) is 0 Å². The maximum absolute atomic E-state index is 13.4. The van der Waals surface area contributed by atoms with Gasteiger partial charge in [0.15, 0.2) is 10.9 Å². The van der Waals surface area contributed by atoms with Crippen molar-refractivity contribution < 1.29 is 0 Å². The van der Waals surface area contributed by atoms with Crippen molar-refractivity contribution in [1.29, 1.82) is 0 Å². The van der Waals surface area contributed by atoms with Gasteiger partial charge in [0.25, 0.3) is 0 Å². The van der Waals surface area contributed by atoms with Gasteiger partial charge in [-0.15, -0.1) is 0 Å². The third-order valence-electron chi connectivity index (χ3n) is 7.28. The highest BCUT2D eigenvalue weighted by Crippen LogP contribution is 2.45. The standard InChI is InChI=1S/C30H14O2/c31-29-19-7-3-1-5-17(19)23-13-15-9-12-22-28-24(18-6-2-4-8-20(18)30(22)32)14-16-10-11-21(29)27(23)25(16)26(15)28/h1-14H. The van der Waals surface area contributed by atoms with E-state index in [1.807, 2.05) is 60.7 Å². The van der Waals surface area contributed by atoms with Gasteiger partial charge in [-0.3, -0.25) is 9.59 Å². The minimum atomic E-state index is 0.0694. The quantitative estimate of drug-likeness (QED) is 0.205. The highest BCUT2D eigenvalue weighted by Gasteiger charge is 2.21. The number of benzene rings is 8. The molecule has 8 aromatic rings. The molecule has 0 saturated carbocycles. The van der Waals surface area contributed by atoms with Crippen LogP contribution in [0.5, 0.6) is 0 Å². The molecule has 0 N–H and O–H groups in total. The topological polar surface area (TPSA) is 34.1 Å². The van der Waals surface area contributed by atoms with Gasteiger partial charge < -0.3 is 0 Å². The third-order valence-corrected chi connectivity index (χ3v) is 7.28. The normalized spacial score (nSPS) is 12.6. The highest BCUT2D eigenvalue weighted by atomic mass is 16.1. The fourth-order valence-corrected chi connectivity index (χ4v) is 5.96. The van der Waals surface area contributed by atoms with Gasteiger partial charge >= 0.3 is 0 Å². The molecule has 8 rings (SSSR count). The maximum Gasteiger partial charge on any atom is 0.194 e. The molecule has 0 heterocycles. The SMILES string of the molecule is O=c1c2ccccc2c2cc3ccc4c(=O)c5ccccc5c5cc6ccc1c2c6c3c45. The molecule has 0 aliphatic heterocycles. The van der Waals surface area contributed by atoms with Gasteiger partial charge in [0.1, 0.15) is 0 Å². The van der Waals surface area contributed by atoms with Crippen molar-refractivity contribution in [2.45, 2.75) is 0 Å². The third kappa shape index (κ3) is 1.71. The van der Waals surface area contributed by atoms with E-state index in [9.17, 15) is 9.59 Å². The molecule has 8 aromatic carbocycles. The zero-order valence-corrected chi connectivity index (χ0v) is 16.9. The van der Waals surface area contributed by atoms with Gasteiger partial charge in [0, 0.05) is 32.3 Å². The van der Waals surface area contributed by atoms with E-state index in [1.165, 1.54) is 0 Å². The summed E-state index contributed by atoms with van der Waals surface area (Å²) in [6, 6.07) is 28.2. The van der Waals surface area contributed by atoms with Crippen molar-refractivity contribution in [2.75, 3.05) is 0 Å². The second kappa shape index (κ2) is 5.30. The summed E-state index contributed by atoms with van der Waals surface area (Å²) in [7, 11) is 0. The van der Waals surface area contributed by atoms with Gasteiger partial charge in [0.2, 0.25) is 0 Å². The largest absolute Gasteiger partial charge is 0.289 e. The van der Waals surface area contributed by atoms with E-state index < -0.39 is 0 Å². The zero-order chi connectivity index (χ0) is 21.1. The van der Waals surface area contributed by atoms with Crippen LogP contribution in [-0.2, 0) is 0 Å². The Kier molecular flexibility index (Phi) is 2.71. The molecule has 32 heavy (non-hydrogen) atoms. The average Bonchev–Trinajstić information content (AvgIpc) is 2.85. The van der Waals surface area contributed by atoms with E-state index >= 15 is 0 Å². The highest BCUT2D eigenvalue weighted by molar-refractivity contribution is 6.40. The first-order valence-corrected chi connectivity index (χ1v) is 10.8. The smallest absolute Gasteiger partial charge is 0.194 e. The van der Waals surface area contributed by atoms with Crippen molar-refractivity contribution in [3.05, 3.63) is 105 Å². The molecule has 0 bridgehead atoms. The van der Waals surface area contributed by atoms with Gasteiger partial charge in [-0.2, -0.15) is 0 Å². The van der Waals surface area contributed by atoms with Crippen molar-refractivity contribution in [3.63, 3.8) is 0 Å². The zero-order valence-electron chi connectivity index (χ0n) is 16.9. The van der Waals surface area contributed by atoms with E-state index in [1.54, 1.807) is 0 Å². The first-order chi connectivity index (χ1) is 15.7. The van der Waals surface area contributed by atoms with E-state index in [4.69, 9.17) is 0 Å². The predicted molar refractivity (Wildman–Crippen MR) is 135 cm³/mol. The lowest BCUT2D eigenvalue weighted by Crippen LogP contribution is -2.06. The van der Waals surface area contributed by atoms with Gasteiger partial charge in [0.05, 0.1) is 0 Å². The number of fused-ring (bicyclic) bond motifs is 4. The molecule has 0 unspecified atom stereocenters. The van der Waals surface area contributed by atoms with Crippen LogP contribution in [0.25, 0.3) is 75.4 Å². The van der Waals surface area contributed by atoms with Crippen LogP contribution >= 0.6 is 0 Å². The van der Waals surface area contributed by atoms with Crippen LogP contribution in [0.1, 0.15) is 0 Å². The minimum absolute atomic E-state index is 0.0694. The Bertz CT molecular complexity index is 2020. The lowest BCUT2D eigenvalue weighted by molar-refractivity contribution is 1.72. The Labute approximate surface area is 180 Å². The molecule has 0 amide bonds. The number of hydrogen-bond donors (Lipinski definition) is 0. The summed E-state index contributed by atoms with van der Waals surface area (Å²) in [5.74, 6) is 0. The van der Waals surface area contributed by atoms with Crippen LogP contribution in [0.3, 0.4) is 0 Å². The second-order valence-electron chi connectivity index (χ2n) is 8.77. The second-order valence-corrected chi connectivity index (χ2v) is 8.77. The van der Waals surface area contributed by atoms with Gasteiger partial charge in [-0.05, 0) is 67.4 Å². The van der Waals surface area contributed by atoms with Crippen molar-refractivity contribution in [2.24, 2.45) is 0 Å². The fourth-order valence-electron chi connectivity index (χ4n) is 5.96. The first kappa shape index (κ1) is 16.4. The minimum Gasteiger partial charge on any atom is -0.289 e. The Balaban J connectivity index is 1.81. The maximum atomic E-state index is 13.4. The van der Waals surface area contributed by atoms with Crippen LogP contribution in [0.4, 0.5) is 0 Å². The molecule has 2 nitrogen and oxygen atoms in total. The molecule has 0 aliphatic carbocycles. The summed E-state index contributed by atoms with van der Waals surface area (Å²) in [4.78, 5) is 26.8. The summed E-state index contributed by atoms with van der Waals surface area (Å²) in [5.41, 5.74) is 0.139. The molecule has 0 spiro atoms.